The van der Waals surface area contributed by atoms with Crippen molar-refractivity contribution in [3.63, 3.8) is 0 Å². The van der Waals surface area contributed by atoms with Crippen LogP contribution in [0.25, 0.3) is 0 Å². The minimum Gasteiger partial charge on any atom is -0.308 e. The molecule has 0 fully saturated rings. The first-order chi connectivity index (χ1) is 7.83. The minimum absolute atomic E-state index is 0.333. The molecule has 17 heavy (non-hydrogen) atoms. The largest absolute Gasteiger partial charge is 0.308 e. The maximum absolute atomic E-state index is 12.0. The second-order valence-corrected chi connectivity index (χ2v) is 6.76. The Morgan fingerprint density at radius 1 is 1.35 bits per heavy atom. The first-order valence-corrected chi connectivity index (χ1v) is 7.51. The van der Waals surface area contributed by atoms with Gasteiger partial charge in [0.1, 0.15) is 0 Å². The molecule has 0 amide bonds. The summed E-state index contributed by atoms with van der Waals surface area (Å²) in [7, 11) is 0.403. The number of sulfonamides is 1. The number of hydrogen-bond donors (Lipinski definition) is 1. The number of likely N-dealkylation sites (N-methyl/N-ethyl adjacent to an activating group) is 1. The van der Waals surface area contributed by atoms with Crippen LogP contribution in [-0.4, -0.2) is 40.5 Å². The lowest BCUT2D eigenvalue weighted by atomic mass is 10.2. The van der Waals surface area contributed by atoms with E-state index in [1.165, 1.54) is 0 Å². The molecule has 4 nitrogen and oxygen atoms in total. The molecule has 0 aromatic heterocycles. The van der Waals surface area contributed by atoms with Crippen LogP contribution in [0.2, 0.25) is 0 Å². The fourth-order valence-corrected chi connectivity index (χ4v) is 3.12. The van der Waals surface area contributed by atoms with Gasteiger partial charge >= 0.3 is 0 Å². The van der Waals surface area contributed by atoms with Crippen molar-refractivity contribution in [3.8, 4) is 0 Å². The fourth-order valence-electron chi connectivity index (χ4n) is 1.40. The minimum atomic E-state index is -3.40. The standard InChI is InChI=1S/C11H17BrN2O2S/c1-9-8-10(12)4-5-11(9)17(15,16)13-6-7-14(2)3/h4-5,8,13H,6-7H2,1-3H3. The summed E-state index contributed by atoms with van der Waals surface area (Å²) in [5.41, 5.74) is 0.733. The summed E-state index contributed by atoms with van der Waals surface area (Å²) in [5.74, 6) is 0. The molecule has 0 aliphatic heterocycles. The highest BCUT2D eigenvalue weighted by Crippen LogP contribution is 2.19. The lowest BCUT2D eigenvalue weighted by molar-refractivity contribution is 0.412. The van der Waals surface area contributed by atoms with Crippen molar-refractivity contribution in [1.82, 2.24) is 9.62 Å². The number of nitrogens with zero attached hydrogens (tertiary/aromatic N) is 1. The zero-order valence-corrected chi connectivity index (χ0v) is 12.6. The molecule has 0 heterocycles. The number of hydrogen-bond acceptors (Lipinski definition) is 3. The van der Waals surface area contributed by atoms with Gasteiger partial charge in [-0.15, -0.1) is 0 Å². The third-order valence-corrected chi connectivity index (χ3v) is 4.39. The van der Waals surface area contributed by atoms with Crippen LogP contribution in [0.1, 0.15) is 5.56 Å². The van der Waals surface area contributed by atoms with Gasteiger partial charge in [-0.2, -0.15) is 0 Å². The Morgan fingerprint density at radius 2 is 2.00 bits per heavy atom. The van der Waals surface area contributed by atoms with Gasteiger partial charge in [-0.05, 0) is 44.8 Å². The molecular weight excluding hydrogens is 304 g/mol. The molecule has 0 aliphatic carbocycles. The molecule has 6 heteroatoms. The average Bonchev–Trinajstić information content (AvgIpc) is 2.15. The SMILES string of the molecule is Cc1cc(Br)ccc1S(=O)(=O)NCCN(C)C. The first-order valence-electron chi connectivity index (χ1n) is 5.23. The van der Waals surface area contributed by atoms with Crippen LogP contribution in [0.15, 0.2) is 27.6 Å². The van der Waals surface area contributed by atoms with Crippen LogP contribution < -0.4 is 4.72 Å². The zero-order chi connectivity index (χ0) is 13.1. The molecule has 96 valence electrons. The quantitative estimate of drug-likeness (QED) is 0.896. The van der Waals surface area contributed by atoms with Gasteiger partial charge in [-0.1, -0.05) is 15.9 Å². The van der Waals surface area contributed by atoms with E-state index in [0.29, 0.717) is 18.0 Å². The molecule has 0 radical (unpaired) electrons. The Bertz CT molecular complexity index is 486. The Balaban J connectivity index is 2.83. The van der Waals surface area contributed by atoms with Gasteiger partial charge in [0.05, 0.1) is 4.90 Å². The lowest BCUT2D eigenvalue weighted by Gasteiger charge is -2.12. The predicted molar refractivity (Wildman–Crippen MR) is 72.6 cm³/mol. The van der Waals surface area contributed by atoms with E-state index < -0.39 is 10.0 Å². The van der Waals surface area contributed by atoms with Crippen LogP contribution in [-0.2, 0) is 10.0 Å². The fraction of sp³-hybridized carbons (Fsp3) is 0.455. The van der Waals surface area contributed by atoms with Gasteiger partial charge in [-0.3, -0.25) is 0 Å². The normalized spacial score (nSPS) is 12.1. The molecule has 0 aliphatic rings. The summed E-state index contributed by atoms with van der Waals surface area (Å²) in [6.07, 6.45) is 0. The Morgan fingerprint density at radius 3 is 2.53 bits per heavy atom. The molecule has 1 N–H and O–H groups in total. The van der Waals surface area contributed by atoms with E-state index in [4.69, 9.17) is 0 Å². The third kappa shape index (κ3) is 4.39. The monoisotopic (exact) mass is 320 g/mol. The van der Waals surface area contributed by atoms with Crippen LogP contribution in [0.3, 0.4) is 0 Å². The van der Waals surface area contributed by atoms with Gasteiger partial charge in [0.2, 0.25) is 10.0 Å². The summed E-state index contributed by atoms with van der Waals surface area (Å²) in [6, 6.07) is 5.13. The smallest absolute Gasteiger partial charge is 0.240 e. The van der Waals surface area contributed by atoms with Crippen LogP contribution >= 0.6 is 15.9 Å². The second kappa shape index (κ2) is 5.95. The van der Waals surface area contributed by atoms with E-state index in [2.05, 4.69) is 20.7 Å². The van der Waals surface area contributed by atoms with Gasteiger partial charge < -0.3 is 4.90 Å². The summed E-state index contributed by atoms with van der Waals surface area (Å²) in [4.78, 5) is 2.26. The van der Waals surface area contributed by atoms with Crippen LogP contribution in [0.4, 0.5) is 0 Å². The maximum atomic E-state index is 12.0. The van der Waals surface area contributed by atoms with Crippen molar-refractivity contribution in [3.05, 3.63) is 28.2 Å². The molecular formula is C11H17BrN2O2S. The zero-order valence-electron chi connectivity index (χ0n) is 10.2. The van der Waals surface area contributed by atoms with Gasteiger partial charge in [0, 0.05) is 17.6 Å². The van der Waals surface area contributed by atoms with Gasteiger partial charge in [0.25, 0.3) is 0 Å². The van der Waals surface area contributed by atoms with E-state index >= 15 is 0 Å². The predicted octanol–water partition coefficient (Wildman–Crippen LogP) is 1.60. The highest BCUT2D eigenvalue weighted by atomic mass is 79.9. The van der Waals surface area contributed by atoms with E-state index in [1.54, 1.807) is 25.1 Å². The van der Waals surface area contributed by atoms with Crippen LogP contribution in [0.5, 0.6) is 0 Å². The van der Waals surface area contributed by atoms with E-state index in [9.17, 15) is 8.42 Å². The van der Waals surface area contributed by atoms with Crippen molar-refractivity contribution >= 4 is 26.0 Å². The number of benzene rings is 1. The number of nitrogens with one attached hydrogen (secondary N) is 1. The molecule has 1 rings (SSSR count). The summed E-state index contributed by atoms with van der Waals surface area (Å²) < 4.78 is 27.5. The summed E-state index contributed by atoms with van der Waals surface area (Å²) in [6.45, 7) is 2.87. The van der Waals surface area contributed by atoms with Crippen molar-refractivity contribution in [2.45, 2.75) is 11.8 Å². The molecule has 0 bridgehead atoms. The van der Waals surface area contributed by atoms with E-state index in [-0.39, 0.29) is 0 Å². The molecule has 0 spiro atoms. The second-order valence-electron chi connectivity index (χ2n) is 4.11. The van der Waals surface area contributed by atoms with Crippen LogP contribution in [0, 0.1) is 6.92 Å². The summed E-state index contributed by atoms with van der Waals surface area (Å²) >= 11 is 3.31. The molecule has 0 unspecified atom stereocenters. The van der Waals surface area contributed by atoms with Crippen molar-refractivity contribution in [2.75, 3.05) is 27.2 Å². The number of rotatable bonds is 5. The lowest BCUT2D eigenvalue weighted by Crippen LogP contribution is -2.31. The Labute approximate surface area is 111 Å². The van der Waals surface area contributed by atoms with Gasteiger partial charge in [0.15, 0.2) is 0 Å². The Hall–Kier alpha value is -0.430. The van der Waals surface area contributed by atoms with Gasteiger partial charge in [-0.25, -0.2) is 13.1 Å². The highest BCUT2D eigenvalue weighted by Gasteiger charge is 2.15. The highest BCUT2D eigenvalue weighted by molar-refractivity contribution is 9.10. The molecule has 0 saturated carbocycles. The average molecular weight is 321 g/mol. The van der Waals surface area contributed by atoms with E-state index in [0.717, 1.165) is 10.0 Å². The maximum Gasteiger partial charge on any atom is 0.240 e. The first kappa shape index (κ1) is 14.6. The molecule has 1 aromatic rings. The van der Waals surface area contributed by atoms with Crippen molar-refractivity contribution in [2.24, 2.45) is 0 Å². The van der Waals surface area contributed by atoms with Crippen molar-refractivity contribution < 1.29 is 8.42 Å². The molecule has 1 aromatic carbocycles. The molecule has 0 saturated heterocycles. The topological polar surface area (TPSA) is 49.4 Å². The summed E-state index contributed by atoms with van der Waals surface area (Å²) in [5, 5.41) is 0. The number of halogens is 1. The molecule has 0 atom stereocenters. The van der Waals surface area contributed by atoms with E-state index in [1.807, 2.05) is 19.0 Å². The van der Waals surface area contributed by atoms with Crippen molar-refractivity contribution in [1.29, 1.82) is 0 Å². The Kier molecular flexibility index (Phi) is 5.12. The number of aryl methyl sites for hydroxylation is 1. The third-order valence-electron chi connectivity index (χ3n) is 2.28.